The van der Waals surface area contributed by atoms with Gasteiger partial charge in [-0.2, -0.15) is 0 Å². The van der Waals surface area contributed by atoms with Gasteiger partial charge in [-0.25, -0.2) is 4.68 Å². The molecule has 0 saturated heterocycles. The van der Waals surface area contributed by atoms with Crippen molar-refractivity contribution in [1.29, 1.82) is 0 Å². The number of aromatic nitrogens is 3. The van der Waals surface area contributed by atoms with Crippen LogP contribution in [0.3, 0.4) is 0 Å². The van der Waals surface area contributed by atoms with E-state index < -0.39 is 4.92 Å². The number of carbonyl (C=O) groups excluding carboxylic acids is 1. The summed E-state index contributed by atoms with van der Waals surface area (Å²) in [6, 6.07) is 8.90. The first kappa shape index (κ1) is 15.7. The Bertz CT molecular complexity index is 965. The van der Waals surface area contributed by atoms with Crippen molar-refractivity contribution in [2.24, 2.45) is 0 Å². The van der Waals surface area contributed by atoms with Gasteiger partial charge in [0.15, 0.2) is 5.78 Å². The second-order valence-corrected chi connectivity index (χ2v) is 5.15. The Balaban J connectivity index is 1.85. The van der Waals surface area contributed by atoms with E-state index in [0.29, 0.717) is 5.56 Å². The molecule has 0 radical (unpaired) electrons. The topological polar surface area (TPSA) is 104 Å². The SMILES string of the molecule is O=C(Cn1nc(-c2ccncc2)oc1=S)c1cccc([N+](=O)[O-])c1. The second-order valence-electron chi connectivity index (χ2n) is 4.80. The summed E-state index contributed by atoms with van der Waals surface area (Å²) in [5.41, 5.74) is 0.735. The van der Waals surface area contributed by atoms with Crippen LogP contribution in [0.15, 0.2) is 53.2 Å². The van der Waals surface area contributed by atoms with Crippen molar-refractivity contribution in [3.05, 3.63) is 69.3 Å². The molecule has 0 bridgehead atoms. The minimum absolute atomic E-state index is 0.0422. The fourth-order valence-corrected chi connectivity index (χ4v) is 2.22. The number of carbonyl (C=O) groups is 1. The smallest absolute Gasteiger partial charge is 0.287 e. The maximum absolute atomic E-state index is 12.3. The Hall–Kier alpha value is -3.20. The molecule has 3 aromatic rings. The molecular formula is C15H10N4O4S. The lowest BCUT2D eigenvalue weighted by Crippen LogP contribution is -2.12. The van der Waals surface area contributed by atoms with Crippen LogP contribution in [0, 0.1) is 15.0 Å². The van der Waals surface area contributed by atoms with Gasteiger partial charge in [-0.3, -0.25) is 19.9 Å². The first-order valence-electron chi connectivity index (χ1n) is 6.80. The maximum Gasteiger partial charge on any atom is 0.287 e. The number of non-ortho nitro benzene ring substituents is 1. The summed E-state index contributed by atoms with van der Waals surface area (Å²) in [4.78, 5) is 26.5. The molecule has 0 aliphatic heterocycles. The molecule has 1 aromatic carbocycles. The largest absolute Gasteiger partial charge is 0.409 e. The molecule has 2 aromatic heterocycles. The fraction of sp³-hybridized carbons (Fsp3) is 0.0667. The maximum atomic E-state index is 12.3. The van der Waals surface area contributed by atoms with Gasteiger partial charge in [-0.15, -0.1) is 5.10 Å². The van der Waals surface area contributed by atoms with Gasteiger partial charge in [0.05, 0.1) is 4.92 Å². The van der Waals surface area contributed by atoms with Gasteiger partial charge in [0.25, 0.3) is 10.5 Å². The van der Waals surface area contributed by atoms with Crippen molar-refractivity contribution in [2.75, 3.05) is 0 Å². The van der Waals surface area contributed by atoms with Gasteiger partial charge in [0.1, 0.15) is 6.54 Å². The molecule has 0 saturated carbocycles. The number of rotatable bonds is 5. The summed E-state index contributed by atoms with van der Waals surface area (Å²) < 4.78 is 6.62. The van der Waals surface area contributed by atoms with Crippen LogP contribution in [-0.4, -0.2) is 25.5 Å². The zero-order valence-electron chi connectivity index (χ0n) is 12.2. The highest BCUT2D eigenvalue weighted by atomic mass is 32.1. The Morgan fingerprint density at radius 3 is 2.75 bits per heavy atom. The van der Waals surface area contributed by atoms with E-state index >= 15 is 0 Å². The van der Waals surface area contributed by atoms with E-state index in [4.69, 9.17) is 16.6 Å². The monoisotopic (exact) mass is 342 g/mol. The van der Waals surface area contributed by atoms with E-state index in [2.05, 4.69) is 10.1 Å². The van der Waals surface area contributed by atoms with Gasteiger partial charge in [-0.05, 0) is 24.4 Å². The number of hydrogen-bond donors (Lipinski definition) is 0. The summed E-state index contributed by atoms with van der Waals surface area (Å²) in [6.07, 6.45) is 3.17. The van der Waals surface area contributed by atoms with Gasteiger partial charge in [0.2, 0.25) is 5.89 Å². The molecule has 0 amide bonds. The number of benzene rings is 1. The van der Waals surface area contributed by atoms with Crippen LogP contribution in [-0.2, 0) is 6.54 Å². The molecule has 24 heavy (non-hydrogen) atoms. The predicted octanol–water partition coefficient (Wildman–Crippen LogP) is 3.06. The molecule has 3 rings (SSSR count). The van der Waals surface area contributed by atoms with Gasteiger partial charge < -0.3 is 4.42 Å². The molecule has 0 atom stereocenters. The molecule has 8 nitrogen and oxygen atoms in total. The molecule has 9 heteroatoms. The Morgan fingerprint density at radius 2 is 2.04 bits per heavy atom. The average Bonchev–Trinajstić information content (AvgIpc) is 2.96. The number of nitro benzene ring substituents is 1. The lowest BCUT2D eigenvalue weighted by Gasteiger charge is -2.00. The summed E-state index contributed by atoms with van der Waals surface area (Å²) in [5, 5.41) is 15.0. The third kappa shape index (κ3) is 3.25. The number of pyridine rings is 1. The van der Waals surface area contributed by atoms with Crippen molar-refractivity contribution in [2.45, 2.75) is 6.54 Å². The van der Waals surface area contributed by atoms with E-state index in [1.54, 1.807) is 24.5 Å². The fourth-order valence-electron chi connectivity index (χ4n) is 2.04. The average molecular weight is 342 g/mol. The van der Waals surface area contributed by atoms with Crippen molar-refractivity contribution in [1.82, 2.24) is 14.8 Å². The van der Waals surface area contributed by atoms with E-state index in [0.717, 1.165) is 0 Å². The first-order valence-corrected chi connectivity index (χ1v) is 7.21. The molecule has 0 aliphatic carbocycles. The molecular weight excluding hydrogens is 332 g/mol. The Morgan fingerprint density at radius 1 is 1.29 bits per heavy atom. The van der Waals surface area contributed by atoms with Crippen molar-refractivity contribution < 1.29 is 14.1 Å². The highest BCUT2D eigenvalue weighted by molar-refractivity contribution is 7.71. The van der Waals surface area contributed by atoms with Crippen molar-refractivity contribution >= 4 is 23.7 Å². The molecule has 120 valence electrons. The van der Waals surface area contributed by atoms with Crippen molar-refractivity contribution in [3.8, 4) is 11.5 Å². The summed E-state index contributed by atoms with van der Waals surface area (Å²) in [7, 11) is 0. The zero-order valence-corrected chi connectivity index (χ0v) is 13.0. The van der Waals surface area contributed by atoms with Gasteiger partial charge >= 0.3 is 0 Å². The normalized spacial score (nSPS) is 10.5. The van der Waals surface area contributed by atoms with Gasteiger partial charge in [-0.1, -0.05) is 12.1 Å². The second kappa shape index (κ2) is 6.50. The highest BCUT2D eigenvalue weighted by Crippen LogP contribution is 2.18. The number of Topliss-reactive ketones (excluding diaryl/α,β-unsaturated/α-hetero) is 1. The third-order valence-electron chi connectivity index (χ3n) is 3.21. The van der Waals surface area contributed by atoms with Crippen LogP contribution in [0.1, 0.15) is 10.4 Å². The summed E-state index contributed by atoms with van der Waals surface area (Å²) in [5.74, 6) is -0.0846. The highest BCUT2D eigenvalue weighted by Gasteiger charge is 2.15. The summed E-state index contributed by atoms with van der Waals surface area (Å²) >= 11 is 5.07. The van der Waals surface area contributed by atoms with Crippen LogP contribution in [0.4, 0.5) is 5.69 Å². The lowest BCUT2D eigenvalue weighted by molar-refractivity contribution is -0.384. The van der Waals surface area contributed by atoms with Gasteiger partial charge in [0, 0.05) is 35.7 Å². The van der Waals surface area contributed by atoms with E-state index in [9.17, 15) is 14.9 Å². The van der Waals surface area contributed by atoms with Crippen molar-refractivity contribution in [3.63, 3.8) is 0 Å². The van der Waals surface area contributed by atoms with Crippen LogP contribution < -0.4 is 0 Å². The molecule has 0 spiro atoms. The van der Waals surface area contributed by atoms with E-state index in [-0.39, 0.29) is 34.3 Å². The summed E-state index contributed by atoms with van der Waals surface area (Å²) in [6.45, 7) is -0.172. The molecule has 2 heterocycles. The number of nitrogens with zero attached hydrogens (tertiary/aromatic N) is 4. The van der Waals surface area contributed by atoms with Crippen LogP contribution in [0.2, 0.25) is 0 Å². The molecule has 0 N–H and O–H groups in total. The number of ketones is 1. The quantitative estimate of drug-likeness (QED) is 0.304. The number of nitro groups is 1. The first-order chi connectivity index (χ1) is 11.5. The zero-order chi connectivity index (χ0) is 17.1. The van der Waals surface area contributed by atoms with Crippen LogP contribution in [0.25, 0.3) is 11.5 Å². The van der Waals surface area contributed by atoms with Crippen LogP contribution in [0.5, 0.6) is 0 Å². The molecule has 0 unspecified atom stereocenters. The Labute approximate surface area is 140 Å². The minimum Gasteiger partial charge on any atom is -0.409 e. The standard InChI is InChI=1S/C15H10N4O4S/c20-13(11-2-1-3-12(8-11)19(21)22)9-18-15(24)23-14(17-18)10-4-6-16-7-5-10/h1-8H,9H2. The lowest BCUT2D eigenvalue weighted by atomic mass is 10.1. The van der Waals surface area contributed by atoms with E-state index in [1.165, 1.54) is 28.9 Å². The third-order valence-corrected chi connectivity index (χ3v) is 3.50. The Kier molecular flexibility index (Phi) is 4.25. The molecule has 0 fully saturated rings. The van der Waals surface area contributed by atoms with E-state index in [1.807, 2.05) is 0 Å². The van der Waals surface area contributed by atoms with Crippen LogP contribution >= 0.6 is 12.2 Å². The number of hydrogen-bond acceptors (Lipinski definition) is 7. The molecule has 0 aliphatic rings. The predicted molar refractivity (Wildman–Crippen MR) is 86.0 cm³/mol. The minimum atomic E-state index is -0.555.